The fourth-order valence-corrected chi connectivity index (χ4v) is 1.83. The predicted molar refractivity (Wildman–Crippen MR) is 79.3 cm³/mol. The summed E-state index contributed by atoms with van der Waals surface area (Å²) in [4.78, 5) is 4.14. The van der Waals surface area contributed by atoms with Gasteiger partial charge in [0.1, 0.15) is 17.2 Å². The van der Waals surface area contributed by atoms with Gasteiger partial charge in [-0.1, -0.05) is 13.0 Å². The second kappa shape index (κ2) is 7.50. The van der Waals surface area contributed by atoms with Crippen LogP contribution in [0.1, 0.15) is 19.4 Å². The van der Waals surface area contributed by atoms with Crippen LogP contribution in [0.25, 0.3) is 0 Å². The highest BCUT2D eigenvalue weighted by Gasteiger charge is 2.05. The summed E-state index contributed by atoms with van der Waals surface area (Å²) in [7, 11) is 0. The molecule has 2 rings (SSSR count). The molecule has 1 aromatic heterocycles. The van der Waals surface area contributed by atoms with Crippen LogP contribution in [0.2, 0.25) is 0 Å². The van der Waals surface area contributed by atoms with Crippen molar-refractivity contribution >= 4 is 0 Å². The average molecular weight is 272 g/mol. The number of ether oxygens (including phenoxy) is 2. The van der Waals surface area contributed by atoms with E-state index in [1.807, 2.05) is 43.5 Å². The number of nitrogens with zero attached hydrogens (tertiary/aromatic N) is 1. The Hall–Kier alpha value is -2.07. The van der Waals surface area contributed by atoms with Crippen LogP contribution in [0, 0.1) is 0 Å². The highest BCUT2D eigenvalue weighted by molar-refractivity contribution is 5.39. The van der Waals surface area contributed by atoms with Crippen molar-refractivity contribution < 1.29 is 9.47 Å². The molecule has 2 aromatic rings. The lowest BCUT2D eigenvalue weighted by Gasteiger charge is -2.12. The van der Waals surface area contributed by atoms with Gasteiger partial charge in [0.2, 0.25) is 0 Å². The molecule has 4 nitrogen and oxygen atoms in total. The van der Waals surface area contributed by atoms with Gasteiger partial charge in [-0.15, -0.1) is 0 Å². The number of hydrogen-bond donors (Lipinski definition) is 1. The van der Waals surface area contributed by atoms with E-state index in [1.165, 1.54) is 0 Å². The second-order valence-corrected chi connectivity index (χ2v) is 4.27. The summed E-state index contributed by atoms with van der Waals surface area (Å²) in [6, 6.07) is 9.52. The van der Waals surface area contributed by atoms with Crippen molar-refractivity contribution in [2.24, 2.45) is 0 Å². The van der Waals surface area contributed by atoms with E-state index in [9.17, 15) is 0 Å². The maximum Gasteiger partial charge on any atom is 0.134 e. The van der Waals surface area contributed by atoms with Gasteiger partial charge in [-0.05, 0) is 31.7 Å². The van der Waals surface area contributed by atoms with E-state index in [0.29, 0.717) is 6.61 Å². The van der Waals surface area contributed by atoms with Crippen LogP contribution in [0.5, 0.6) is 17.2 Å². The Morgan fingerprint density at radius 3 is 2.80 bits per heavy atom. The first-order valence-electron chi connectivity index (χ1n) is 6.87. The molecule has 1 heterocycles. The summed E-state index contributed by atoms with van der Waals surface area (Å²) in [5.74, 6) is 2.39. The van der Waals surface area contributed by atoms with Crippen molar-refractivity contribution in [3.05, 3.63) is 48.3 Å². The molecule has 0 spiro atoms. The lowest BCUT2D eigenvalue weighted by molar-refractivity contribution is 0.338. The van der Waals surface area contributed by atoms with Crippen molar-refractivity contribution in [3.8, 4) is 17.2 Å². The number of rotatable bonds is 7. The lowest BCUT2D eigenvalue weighted by Crippen LogP contribution is -2.12. The topological polar surface area (TPSA) is 43.4 Å². The number of benzene rings is 1. The molecule has 0 aliphatic rings. The maximum absolute atomic E-state index is 5.93. The highest BCUT2D eigenvalue weighted by atomic mass is 16.5. The molecule has 0 radical (unpaired) electrons. The van der Waals surface area contributed by atoms with E-state index in [0.717, 1.165) is 35.9 Å². The number of pyridine rings is 1. The quantitative estimate of drug-likeness (QED) is 0.839. The van der Waals surface area contributed by atoms with Gasteiger partial charge in [-0.2, -0.15) is 0 Å². The maximum atomic E-state index is 5.93. The summed E-state index contributed by atoms with van der Waals surface area (Å²) < 4.78 is 11.4. The smallest absolute Gasteiger partial charge is 0.134 e. The Balaban J connectivity index is 2.14. The van der Waals surface area contributed by atoms with Crippen LogP contribution >= 0.6 is 0 Å². The van der Waals surface area contributed by atoms with Crippen LogP contribution in [0.15, 0.2) is 42.7 Å². The Labute approximate surface area is 119 Å². The molecule has 1 aromatic carbocycles. The van der Waals surface area contributed by atoms with Crippen LogP contribution in [0.4, 0.5) is 0 Å². The minimum absolute atomic E-state index is 0.643. The molecule has 20 heavy (non-hydrogen) atoms. The van der Waals surface area contributed by atoms with Crippen LogP contribution in [-0.2, 0) is 6.54 Å². The zero-order chi connectivity index (χ0) is 14.2. The minimum atomic E-state index is 0.643. The molecule has 0 amide bonds. The van der Waals surface area contributed by atoms with Crippen molar-refractivity contribution in [2.75, 3.05) is 13.2 Å². The van der Waals surface area contributed by atoms with E-state index >= 15 is 0 Å². The number of hydrogen-bond acceptors (Lipinski definition) is 4. The van der Waals surface area contributed by atoms with Gasteiger partial charge < -0.3 is 14.8 Å². The number of aromatic nitrogens is 1. The molecular weight excluding hydrogens is 252 g/mol. The molecule has 0 aliphatic carbocycles. The molecule has 0 unspecified atom stereocenters. The zero-order valence-corrected chi connectivity index (χ0v) is 11.9. The molecule has 0 bridgehead atoms. The fraction of sp³-hybridized carbons (Fsp3) is 0.312. The Kier molecular flexibility index (Phi) is 5.38. The summed E-state index contributed by atoms with van der Waals surface area (Å²) in [5.41, 5.74) is 1.04. The van der Waals surface area contributed by atoms with Crippen molar-refractivity contribution in [3.63, 3.8) is 0 Å². The van der Waals surface area contributed by atoms with Gasteiger partial charge in [-0.3, -0.25) is 4.98 Å². The third kappa shape index (κ3) is 3.96. The highest BCUT2D eigenvalue weighted by Crippen LogP contribution is 2.27. The lowest BCUT2D eigenvalue weighted by atomic mass is 10.2. The molecule has 0 saturated heterocycles. The van der Waals surface area contributed by atoms with Crippen LogP contribution in [0.3, 0.4) is 0 Å². The Morgan fingerprint density at radius 2 is 2.00 bits per heavy atom. The van der Waals surface area contributed by atoms with Crippen LogP contribution < -0.4 is 14.8 Å². The van der Waals surface area contributed by atoms with E-state index < -0.39 is 0 Å². The Morgan fingerprint density at radius 1 is 1.15 bits per heavy atom. The largest absolute Gasteiger partial charge is 0.494 e. The van der Waals surface area contributed by atoms with Crippen molar-refractivity contribution in [1.29, 1.82) is 0 Å². The van der Waals surface area contributed by atoms with E-state index in [1.54, 1.807) is 6.20 Å². The van der Waals surface area contributed by atoms with Gasteiger partial charge >= 0.3 is 0 Å². The summed E-state index contributed by atoms with van der Waals surface area (Å²) in [6.45, 7) is 6.33. The van der Waals surface area contributed by atoms with Crippen molar-refractivity contribution in [1.82, 2.24) is 10.3 Å². The minimum Gasteiger partial charge on any atom is -0.494 e. The van der Waals surface area contributed by atoms with Gasteiger partial charge in [0, 0.05) is 30.6 Å². The summed E-state index contributed by atoms with van der Waals surface area (Å²) >= 11 is 0. The summed E-state index contributed by atoms with van der Waals surface area (Å²) in [6.07, 6.45) is 3.56. The molecule has 4 heteroatoms. The van der Waals surface area contributed by atoms with E-state index in [-0.39, 0.29) is 0 Å². The van der Waals surface area contributed by atoms with Gasteiger partial charge in [0.15, 0.2) is 0 Å². The summed E-state index contributed by atoms with van der Waals surface area (Å²) in [5, 5.41) is 3.28. The molecule has 0 saturated carbocycles. The molecule has 1 N–H and O–H groups in total. The first-order valence-corrected chi connectivity index (χ1v) is 6.87. The van der Waals surface area contributed by atoms with E-state index in [4.69, 9.17) is 9.47 Å². The van der Waals surface area contributed by atoms with Gasteiger partial charge in [0.25, 0.3) is 0 Å². The number of nitrogens with one attached hydrogen (secondary N) is 1. The SMILES string of the molecule is CCNCc1cnccc1Oc1cccc(OCC)c1. The molecule has 0 aliphatic heterocycles. The second-order valence-electron chi connectivity index (χ2n) is 4.27. The molecule has 0 atom stereocenters. The first-order chi connectivity index (χ1) is 9.83. The standard InChI is InChI=1S/C16H20N2O2/c1-3-17-11-13-12-18-9-8-16(13)20-15-7-5-6-14(10-15)19-4-2/h5-10,12,17H,3-4,11H2,1-2H3. The van der Waals surface area contributed by atoms with Gasteiger partial charge in [-0.25, -0.2) is 0 Å². The third-order valence-electron chi connectivity index (χ3n) is 2.77. The zero-order valence-electron chi connectivity index (χ0n) is 11.9. The van der Waals surface area contributed by atoms with Gasteiger partial charge in [0.05, 0.1) is 6.61 Å². The van der Waals surface area contributed by atoms with E-state index in [2.05, 4.69) is 17.2 Å². The Bertz CT molecular complexity index is 544. The molecule has 106 valence electrons. The fourth-order valence-electron chi connectivity index (χ4n) is 1.83. The molecule has 0 fully saturated rings. The monoisotopic (exact) mass is 272 g/mol. The predicted octanol–water partition coefficient (Wildman–Crippen LogP) is 3.38. The van der Waals surface area contributed by atoms with Crippen LogP contribution in [-0.4, -0.2) is 18.1 Å². The average Bonchev–Trinajstić information content (AvgIpc) is 2.47. The third-order valence-corrected chi connectivity index (χ3v) is 2.77. The first kappa shape index (κ1) is 14.3. The van der Waals surface area contributed by atoms with Crippen molar-refractivity contribution in [2.45, 2.75) is 20.4 Å². The normalized spacial score (nSPS) is 10.3. The molecular formula is C16H20N2O2.